The predicted molar refractivity (Wildman–Crippen MR) is 104 cm³/mol. The number of fused-ring (bicyclic) bond motifs is 1. The van der Waals surface area contributed by atoms with Gasteiger partial charge in [0.1, 0.15) is 5.69 Å². The standard InChI is InChI=1S/C22H19N3O2/c1-15-21-24-19(13-17-9-5-3-6-10-17)22(27-16(2)26)25(21)14-20(23-15)18-11-7-4-8-12-18/h3-12,14H,13H2,1-2H3. The number of esters is 1. The largest absolute Gasteiger partial charge is 0.407 e. The van der Waals surface area contributed by atoms with Gasteiger partial charge in [-0.1, -0.05) is 60.7 Å². The van der Waals surface area contributed by atoms with E-state index in [9.17, 15) is 4.79 Å². The number of nitrogens with zero attached hydrogens (tertiary/aromatic N) is 3. The molecule has 4 rings (SSSR count). The molecule has 5 nitrogen and oxygen atoms in total. The Morgan fingerprint density at radius 2 is 1.67 bits per heavy atom. The molecule has 0 bridgehead atoms. The molecule has 0 radical (unpaired) electrons. The number of imidazole rings is 1. The highest BCUT2D eigenvalue weighted by atomic mass is 16.5. The first-order valence-corrected chi connectivity index (χ1v) is 8.78. The maximum atomic E-state index is 11.7. The van der Waals surface area contributed by atoms with Gasteiger partial charge in [-0.25, -0.2) is 9.97 Å². The SMILES string of the molecule is CC(=O)Oc1c(Cc2ccccc2)nc2c(C)nc(-c3ccccc3)cn12. The van der Waals surface area contributed by atoms with E-state index in [1.54, 1.807) is 0 Å². The molecule has 0 amide bonds. The zero-order valence-electron chi connectivity index (χ0n) is 15.2. The molecule has 0 aliphatic rings. The van der Waals surface area contributed by atoms with Crippen LogP contribution in [0.3, 0.4) is 0 Å². The summed E-state index contributed by atoms with van der Waals surface area (Å²) in [5, 5.41) is 0. The van der Waals surface area contributed by atoms with E-state index in [1.165, 1.54) is 6.92 Å². The van der Waals surface area contributed by atoms with Crippen molar-refractivity contribution >= 4 is 11.6 Å². The molecule has 0 saturated heterocycles. The van der Waals surface area contributed by atoms with Crippen molar-refractivity contribution in [2.24, 2.45) is 0 Å². The van der Waals surface area contributed by atoms with Gasteiger partial charge in [-0.3, -0.25) is 9.20 Å². The minimum Gasteiger partial charge on any atom is -0.407 e. The maximum absolute atomic E-state index is 11.7. The molecule has 0 aliphatic carbocycles. The highest BCUT2D eigenvalue weighted by Gasteiger charge is 2.19. The zero-order valence-corrected chi connectivity index (χ0v) is 15.2. The third-order valence-electron chi connectivity index (χ3n) is 4.32. The molecule has 5 heteroatoms. The highest BCUT2D eigenvalue weighted by molar-refractivity contribution is 5.70. The van der Waals surface area contributed by atoms with Crippen LogP contribution in [0.15, 0.2) is 66.9 Å². The van der Waals surface area contributed by atoms with Gasteiger partial charge in [0.25, 0.3) is 0 Å². The molecule has 4 aromatic rings. The molecule has 0 spiro atoms. The maximum Gasteiger partial charge on any atom is 0.309 e. The first kappa shape index (κ1) is 17.0. The van der Waals surface area contributed by atoms with Crippen LogP contribution in [0.2, 0.25) is 0 Å². The molecular formula is C22H19N3O2. The van der Waals surface area contributed by atoms with Crippen molar-refractivity contribution in [3.05, 3.63) is 83.8 Å². The molecule has 2 heterocycles. The van der Waals surface area contributed by atoms with Crippen molar-refractivity contribution in [3.63, 3.8) is 0 Å². The van der Waals surface area contributed by atoms with Crippen LogP contribution in [-0.2, 0) is 11.2 Å². The fourth-order valence-corrected chi connectivity index (χ4v) is 3.12. The fourth-order valence-electron chi connectivity index (χ4n) is 3.12. The van der Waals surface area contributed by atoms with E-state index in [0.29, 0.717) is 23.6 Å². The summed E-state index contributed by atoms with van der Waals surface area (Å²) in [4.78, 5) is 21.1. The summed E-state index contributed by atoms with van der Waals surface area (Å²) in [6.07, 6.45) is 2.45. The van der Waals surface area contributed by atoms with E-state index in [0.717, 1.165) is 22.5 Å². The third-order valence-corrected chi connectivity index (χ3v) is 4.32. The number of aryl methyl sites for hydroxylation is 1. The van der Waals surface area contributed by atoms with Crippen molar-refractivity contribution in [2.45, 2.75) is 20.3 Å². The Morgan fingerprint density at radius 1 is 1.00 bits per heavy atom. The molecule has 0 unspecified atom stereocenters. The van der Waals surface area contributed by atoms with Gasteiger partial charge in [-0.2, -0.15) is 0 Å². The van der Waals surface area contributed by atoms with E-state index >= 15 is 0 Å². The van der Waals surface area contributed by atoms with Gasteiger partial charge >= 0.3 is 5.97 Å². The summed E-state index contributed by atoms with van der Waals surface area (Å²) in [5.74, 6) is 0.0749. The van der Waals surface area contributed by atoms with Crippen LogP contribution in [0.4, 0.5) is 0 Å². The quantitative estimate of drug-likeness (QED) is 0.513. The average molecular weight is 357 g/mol. The van der Waals surface area contributed by atoms with E-state index in [1.807, 2.05) is 78.2 Å². The van der Waals surface area contributed by atoms with Gasteiger partial charge in [0.05, 0.1) is 11.4 Å². The monoisotopic (exact) mass is 357 g/mol. The number of carbonyl (C=O) groups is 1. The van der Waals surface area contributed by atoms with E-state index in [2.05, 4.69) is 4.98 Å². The molecular weight excluding hydrogens is 338 g/mol. The van der Waals surface area contributed by atoms with Gasteiger partial charge in [0.2, 0.25) is 5.88 Å². The second kappa shape index (κ2) is 7.03. The lowest BCUT2D eigenvalue weighted by atomic mass is 10.1. The number of rotatable bonds is 4. The Labute approximate surface area is 157 Å². The van der Waals surface area contributed by atoms with Crippen LogP contribution >= 0.6 is 0 Å². The normalized spacial score (nSPS) is 10.9. The van der Waals surface area contributed by atoms with E-state index in [4.69, 9.17) is 9.72 Å². The summed E-state index contributed by atoms with van der Waals surface area (Å²) in [7, 11) is 0. The molecule has 0 atom stereocenters. The summed E-state index contributed by atoms with van der Waals surface area (Å²) in [5.41, 5.74) is 5.09. The van der Waals surface area contributed by atoms with Crippen molar-refractivity contribution < 1.29 is 9.53 Å². The lowest BCUT2D eigenvalue weighted by Gasteiger charge is -2.07. The van der Waals surface area contributed by atoms with Crippen LogP contribution in [0, 0.1) is 6.92 Å². The Morgan fingerprint density at radius 3 is 2.33 bits per heavy atom. The summed E-state index contributed by atoms with van der Waals surface area (Å²) in [6.45, 7) is 3.32. The minimum absolute atomic E-state index is 0.373. The molecule has 27 heavy (non-hydrogen) atoms. The first-order chi connectivity index (χ1) is 13.1. The van der Waals surface area contributed by atoms with Crippen molar-refractivity contribution in [3.8, 4) is 17.1 Å². The number of benzene rings is 2. The van der Waals surface area contributed by atoms with Crippen molar-refractivity contribution in [1.82, 2.24) is 14.4 Å². The van der Waals surface area contributed by atoms with Crippen LogP contribution in [0.1, 0.15) is 23.9 Å². The number of ether oxygens (including phenoxy) is 1. The zero-order chi connectivity index (χ0) is 18.8. The number of carbonyl (C=O) groups excluding carboxylic acids is 1. The lowest BCUT2D eigenvalue weighted by molar-refractivity contribution is -0.132. The minimum atomic E-state index is -0.373. The Hall–Kier alpha value is -3.47. The van der Waals surface area contributed by atoms with Crippen LogP contribution in [0.5, 0.6) is 5.88 Å². The smallest absolute Gasteiger partial charge is 0.309 e. The predicted octanol–water partition coefficient (Wildman–Crippen LogP) is 4.22. The Kier molecular flexibility index (Phi) is 4.42. The second-order valence-corrected chi connectivity index (χ2v) is 6.39. The van der Waals surface area contributed by atoms with E-state index < -0.39 is 0 Å². The molecule has 0 aliphatic heterocycles. The lowest BCUT2D eigenvalue weighted by Crippen LogP contribution is -2.06. The third kappa shape index (κ3) is 3.44. The van der Waals surface area contributed by atoms with Gasteiger partial charge in [-0.15, -0.1) is 0 Å². The Bertz CT molecular complexity index is 1100. The van der Waals surface area contributed by atoms with Gasteiger partial charge in [0, 0.05) is 25.1 Å². The second-order valence-electron chi connectivity index (χ2n) is 6.39. The average Bonchev–Trinajstić information content (AvgIpc) is 3.01. The summed E-state index contributed by atoms with van der Waals surface area (Å²) in [6, 6.07) is 19.9. The van der Waals surface area contributed by atoms with Gasteiger partial charge < -0.3 is 4.74 Å². The highest BCUT2D eigenvalue weighted by Crippen LogP contribution is 2.28. The number of aromatic nitrogens is 3. The van der Waals surface area contributed by atoms with E-state index in [-0.39, 0.29) is 5.97 Å². The molecule has 0 saturated carbocycles. The fraction of sp³-hybridized carbons (Fsp3) is 0.136. The van der Waals surface area contributed by atoms with Crippen molar-refractivity contribution in [2.75, 3.05) is 0 Å². The molecule has 2 aromatic heterocycles. The van der Waals surface area contributed by atoms with Crippen LogP contribution in [0.25, 0.3) is 16.9 Å². The summed E-state index contributed by atoms with van der Waals surface area (Å²) >= 11 is 0. The van der Waals surface area contributed by atoms with Crippen LogP contribution in [-0.4, -0.2) is 20.3 Å². The topological polar surface area (TPSA) is 56.5 Å². The molecule has 134 valence electrons. The number of hydrogen-bond acceptors (Lipinski definition) is 4. The molecule has 0 fully saturated rings. The number of hydrogen-bond donors (Lipinski definition) is 0. The van der Waals surface area contributed by atoms with Crippen molar-refractivity contribution in [1.29, 1.82) is 0 Å². The van der Waals surface area contributed by atoms with Gasteiger partial charge in [-0.05, 0) is 12.5 Å². The first-order valence-electron chi connectivity index (χ1n) is 8.78. The Balaban J connectivity index is 1.88. The molecule has 2 aromatic carbocycles. The summed E-state index contributed by atoms with van der Waals surface area (Å²) < 4.78 is 7.37. The molecule has 0 N–H and O–H groups in total. The van der Waals surface area contributed by atoms with Gasteiger partial charge in [0.15, 0.2) is 5.65 Å². The van der Waals surface area contributed by atoms with Crippen LogP contribution < -0.4 is 4.74 Å².